The van der Waals surface area contributed by atoms with E-state index in [1.165, 1.54) is 30.4 Å². The Morgan fingerprint density at radius 1 is 1.40 bits per heavy atom. The van der Waals surface area contributed by atoms with Crippen molar-refractivity contribution >= 4 is 22.6 Å². The summed E-state index contributed by atoms with van der Waals surface area (Å²) in [5.74, 6) is 0. The molecule has 1 aromatic carbocycles. The molecule has 0 bridgehead atoms. The van der Waals surface area contributed by atoms with Gasteiger partial charge in [-0.25, -0.2) is 0 Å². The Morgan fingerprint density at radius 3 is 2.67 bits per heavy atom. The first-order chi connectivity index (χ1) is 7.31. The fraction of sp³-hybridized carbons (Fsp3) is 0.538. The minimum atomic E-state index is 0.289. The van der Waals surface area contributed by atoms with E-state index in [0.717, 1.165) is 4.43 Å². The lowest BCUT2D eigenvalue weighted by atomic mass is 9.95. The number of aryl methyl sites for hydroxylation is 1. The van der Waals surface area contributed by atoms with Gasteiger partial charge in [-0.3, -0.25) is 0 Å². The SMILES string of the molecule is Cc1ccccc1C(CI)OC1CCC1. The molecule has 1 unspecified atom stereocenters. The van der Waals surface area contributed by atoms with E-state index in [0.29, 0.717) is 6.10 Å². The van der Waals surface area contributed by atoms with Crippen LogP contribution in [0.25, 0.3) is 0 Å². The maximum atomic E-state index is 6.09. The van der Waals surface area contributed by atoms with Gasteiger partial charge in [0.1, 0.15) is 0 Å². The predicted molar refractivity (Wildman–Crippen MR) is 71.5 cm³/mol. The number of ether oxygens (including phenoxy) is 1. The van der Waals surface area contributed by atoms with Crippen molar-refractivity contribution in [2.24, 2.45) is 0 Å². The number of hydrogen-bond acceptors (Lipinski definition) is 1. The van der Waals surface area contributed by atoms with Crippen LogP contribution in [0.2, 0.25) is 0 Å². The molecule has 0 saturated heterocycles. The van der Waals surface area contributed by atoms with E-state index in [1.54, 1.807) is 0 Å². The minimum Gasteiger partial charge on any atom is -0.369 e. The Balaban J connectivity index is 2.07. The molecule has 0 amide bonds. The molecule has 1 aliphatic carbocycles. The van der Waals surface area contributed by atoms with E-state index in [2.05, 4.69) is 53.8 Å². The molecule has 15 heavy (non-hydrogen) atoms. The van der Waals surface area contributed by atoms with Crippen LogP contribution < -0.4 is 0 Å². The van der Waals surface area contributed by atoms with Crippen LogP contribution in [0.3, 0.4) is 0 Å². The maximum absolute atomic E-state index is 6.09. The van der Waals surface area contributed by atoms with Crippen molar-refractivity contribution in [3.05, 3.63) is 35.4 Å². The van der Waals surface area contributed by atoms with Crippen LogP contribution >= 0.6 is 22.6 Å². The van der Waals surface area contributed by atoms with Crippen molar-refractivity contribution in [2.45, 2.75) is 38.4 Å². The molecule has 1 aliphatic rings. The predicted octanol–water partition coefficient (Wildman–Crippen LogP) is 4.04. The topological polar surface area (TPSA) is 9.23 Å². The Morgan fingerprint density at radius 2 is 2.13 bits per heavy atom. The fourth-order valence-electron chi connectivity index (χ4n) is 1.88. The van der Waals surface area contributed by atoms with Crippen molar-refractivity contribution in [3.8, 4) is 0 Å². The van der Waals surface area contributed by atoms with Gasteiger partial charge in [-0.05, 0) is 37.3 Å². The Hall–Kier alpha value is -0.0900. The third kappa shape index (κ3) is 2.72. The zero-order chi connectivity index (χ0) is 10.7. The van der Waals surface area contributed by atoms with E-state index in [9.17, 15) is 0 Å². The number of alkyl halides is 1. The molecular formula is C13H17IO. The fourth-order valence-corrected chi connectivity index (χ4v) is 2.56. The second-order valence-electron chi connectivity index (χ2n) is 4.19. The maximum Gasteiger partial charge on any atom is 0.0920 e. The van der Waals surface area contributed by atoms with Crippen molar-refractivity contribution < 1.29 is 4.74 Å². The second kappa shape index (κ2) is 5.30. The van der Waals surface area contributed by atoms with Crippen LogP contribution in [0.5, 0.6) is 0 Å². The molecule has 82 valence electrons. The molecule has 0 aromatic heterocycles. The van der Waals surface area contributed by atoms with Crippen molar-refractivity contribution in [2.75, 3.05) is 4.43 Å². The summed E-state index contributed by atoms with van der Waals surface area (Å²) in [6.07, 6.45) is 4.64. The number of benzene rings is 1. The van der Waals surface area contributed by atoms with Gasteiger partial charge in [0.05, 0.1) is 12.2 Å². The summed E-state index contributed by atoms with van der Waals surface area (Å²) in [4.78, 5) is 0. The first kappa shape index (κ1) is 11.4. The van der Waals surface area contributed by atoms with Gasteiger partial charge in [0, 0.05) is 4.43 Å². The largest absolute Gasteiger partial charge is 0.369 e. The smallest absolute Gasteiger partial charge is 0.0920 e. The molecule has 0 N–H and O–H groups in total. The molecule has 0 aliphatic heterocycles. The van der Waals surface area contributed by atoms with Crippen LogP contribution in [0.1, 0.15) is 36.5 Å². The van der Waals surface area contributed by atoms with Gasteiger partial charge < -0.3 is 4.74 Å². The van der Waals surface area contributed by atoms with Gasteiger partial charge in [-0.2, -0.15) is 0 Å². The number of halogens is 1. The first-order valence-electron chi connectivity index (χ1n) is 5.58. The third-order valence-electron chi connectivity index (χ3n) is 3.08. The zero-order valence-electron chi connectivity index (χ0n) is 9.08. The highest BCUT2D eigenvalue weighted by molar-refractivity contribution is 14.1. The van der Waals surface area contributed by atoms with Crippen molar-refractivity contribution in [1.29, 1.82) is 0 Å². The summed E-state index contributed by atoms with van der Waals surface area (Å²) in [6.45, 7) is 2.17. The standard InChI is InChI=1S/C13H17IO/c1-10-5-2-3-8-12(10)13(9-14)15-11-6-4-7-11/h2-3,5,8,11,13H,4,6-7,9H2,1H3. The van der Waals surface area contributed by atoms with Crippen LogP contribution in [0, 0.1) is 6.92 Å². The van der Waals surface area contributed by atoms with Gasteiger partial charge in [-0.1, -0.05) is 46.9 Å². The summed E-state index contributed by atoms with van der Waals surface area (Å²) in [6, 6.07) is 8.55. The average molecular weight is 316 g/mol. The number of rotatable bonds is 4. The molecular weight excluding hydrogens is 299 g/mol. The Kier molecular flexibility index (Phi) is 4.03. The molecule has 1 fully saturated rings. The summed E-state index contributed by atoms with van der Waals surface area (Å²) in [7, 11) is 0. The molecule has 0 radical (unpaired) electrons. The highest BCUT2D eigenvalue weighted by Crippen LogP contribution is 2.31. The minimum absolute atomic E-state index is 0.289. The van der Waals surface area contributed by atoms with E-state index < -0.39 is 0 Å². The molecule has 1 saturated carbocycles. The quantitative estimate of drug-likeness (QED) is 0.602. The Labute approximate surface area is 105 Å². The molecule has 0 heterocycles. The van der Waals surface area contributed by atoms with Crippen LogP contribution in [0.4, 0.5) is 0 Å². The lowest BCUT2D eigenvalue weighted by Gasteiger charge is -2.30. The van der Waals surface area contributed by atoms with E-state index in [-0.39, 0.29) is 6.10 Å². The van der Waals surface area contributed by atoms with Gasteiger partial charge in [0.2, 0.25) is 0 Å². The van der Waals surface area contributed by atoms with Crippen molar-refractivity contribution in [3.63, 3.8) is 0 Å². The highest BCUT2D eigenvalue weighted by Gasteiger charge is 2.23. The van der Waals surface area contributed by atoms with Gasteiger partial charge >= 0.3 is 0 Å². The van der Waals surface area contributed by atoms with Crippen molar-refractivity contribution in [1.82, 2.24) is 0 Å². The van der Waals surface area contributed by atoms with Gasteiger partial charge in [-0.15, -0.1) is 0 Å². The van der Waals surface area contributed by atoms with Crippen LogP contribution in [-0.2, 0) is 4.74 Å². The summed E-state index contributed by atoms with van der Waals surface area (Å²) >= 11 is 2.42. The summed E-state index contributed by atoms with van der Waals surface area (Å²) < 4.78 is 7.14. The zero-order valence-corrected chi connectivity index (χ0v) is 11.2. The second-order valence-corrected chi connectivity index (χ2v) is 5.07. The normalized spacial score (nSPS) is 18.5. The monoisotopic (exact) mass is 316 g/mol. The number of hydrogen-bond donors (Lipinski definition) is 0. The summed E-state index contributed by atoms with van der Waals surface area (Å²) in [5.41, 5.74) is 2.71. The summed E-state index contributed by atoms with van der Waals surface area (Å²) in [5, 5.41) is 0. The van der Waals surface area contributed by atoms with E-state index in [4.69, 9.17) is 4.74 Å². The van der Waals surface area contributed by atoms with Crippen LogP contribution in [-0.4, -0.2) is 10.5 Å². The molecule has 1 aromatic rings. The van der Waals surface area contributed by atoms with Crippen LogP contribution in [0.15, 0.2) is 24.3 Å². The Bertz CT molecular complexity index is 320. The first-order valence-corrected chi connectivity index (χ1v) is 7.11. The average Bonchev–Trinajstić information content (AvgIpc) is 2.19. The lowest BCUT2D eigenvalue weighted by molar-refractivity contribution is -0.0413. The van der Waals surface area contributed by atoms with E-state index >= 15 is 0 Å². The highest BCUT2D eigenvalue weighted by atomic mass is 127. The molecule has 1 atom stereocenters. The third-order valence-corrected chi connectivity index (χ3v) is 3.88. The lowest BCUT2D eigenvalue weighted by Crippen LogP contribution is -2.24. The molecule has 1 nitrogen and oxygen atoms in total. The van der Waals surface area contributed by atoms with Gasteiger partial charge in [0.25, 0.3) is 0 Å². The molecule has 2 rings (SSSR count). The van der Waals surface area contributed by atoms with Gasteiger partial charge in [0.15, 0.2) is 0 Å². The molecule has 2 heteroatoms. The molecule has 0 spiro atoms. The van der Waals surface area contributed by atoms with E-state index in [1.807, 2.05) is 0 Å².